The number of hydrogen-bond donors (Lipinski definition) is 2. The van der Waals surface area contributed by atoms with Crippen LogP contribution in [0.15, 0.2) is 18.2 Å². The van der Waals surface area contributed by atoms with Crippen LogP contribution in [-0.4, -0.2) is 12.6 Å². The average molecular weight is 276 g/mol. The highest BCUT2D eigenvalue weighted by atomic mass is 35.5. The Morgan fingerprint density at radius 3 is 2.59 bits per heavy atom. The fraction of sp³-hybridized carbons (Fsp3) is 0.364. The first-order chi connectivity index (χ1) is 7.91. The van der Waals surface area contributed by atoms with Gasteiger partial charge < -0.3 is 5.32 Å². The number of nitrogens with two attached hydrogens (primary N) is 1. The molecular formula is C11H15Cl2N3O. The highest BCUT2D eigenvalue weighted by molar-refractivity contribution is 6.42. The van der Waals surface area contributed by atoms with Crippen LogP contribution in [0.2, 0.25) is 10.0 Å². The molecule has 1 aromatic rings. The van der Waals surface area contributed by atoms with E-state index < -0.39 is 0 Å². The summed E-state index contributed by atoms with van der Waals surface area (Å²) in [5.41, 5.74) is 0.487. The maximum atomic E-state index is 11.7. The monoisotopic (exact) mass is 275 g/mol. The van der Waals surface area contributed by atoms with Crippen LogP contribution in [0.25, 0.3) is 0 Å². The van der Waals surface area contributed by atoms with E-state index in [9.17, 15) is 4.79 Å². The van der Waals surface area contributed by atoms with Crippen molar-refractivity contribution in [2.24, 2.45) is 11.8 Å². The van der Waals surface area contributed by atoms with Crippen LogP contribution in [-0.2, 0) is 0 Å². The lowest BCUT2D eigenvalue weighted by Gasteiger charge is -2.18. The van der Waals surface area contributed by atoms with Crippen molar-refractivity contribution in [2.75, 3.05) is 11.6 Å². The van der Waals surface area contributed by atoms with Gasteiger partial charge in [-0.15, -0.1) is 0 Å². The number of carbonyl (C=O) groups excluding carboxylic acids is 1. The molecule has 3 N–H and O–H groups in total. The first-order valence-corrected chi connectivity index (χ1v) is 5.95. The zero-order valence-electron chi connectivity index (χ0n) is 9.71. The number of nitrogens with one attached hydrogen (secondary N) is 1. The molecule has 0 spiro atoms. The third-order valence-electron chi connectivity index (χ3n) is 2.06. The van der Waals surface area contributed by atoms with Crippen LogP contribution in [0.3, 0.4) is 0 Å². The van der Waals surface area contributed by atoms with Gasteiger partial charge in [-0.3, -0.25) is 0 Å². The average Bonchev–Trinajstić information content (AvgIpc) is 2.28. The van der Waals surface area contributed by atoms with Crippen molar-refractivity contribution in [1.82, 2.24) is 5.32 Å². The number of carbonyl (C=O) groups is 1. The van der Waals surface area contributed by atoms with Crippen LogP contribution < -0.4 is 16.2 Å². The molecule has 0 aliphatic carbocycles. The molecule has 1 rings (SSSR count). The lowest BCUT2D eigenvalue weighted by molar-refractivity contribution is 0.245. The molecule has 0 heterocycles. The Balaban J connectivity index is 2.71. The van der Waals surface area contributed by atoms with E-state index in [1.54, 1.807) is 18.2 Å². The molecule has 0 radical (unpaired) electrons. The number of amides is 2. The number of rotatable bonds is 3. The lowest BCUT2D eigenvalue weighted by atomic mass is 10.2. The molecule has 2 amide bonds. The maximum absolute atomic E-state index is 11.7. The van der Waals surface area contributed by atoms with Gasteiger partial charge in [-0.1, -0.05) is 37.0 Å². The van der Waals surface area contributed by atoms with E-state index in [4.69, 9.17) is 29.0 Å². The van der Waals surface area contributed by atoms with Gasteiger partial charge in [0.25, 0.3) is 0 Å². The molecule has 94 valence electrons. The highest BCUT2D eigenvalue weighted by Gasteiger charge is 2.12. The van der Waals surface area contributed by atoms with Gasteiger partial charge in [-0.2, -0.15) is 0 Å². The molecule has 1 aromatic carbocycles. The largest absolute Gasteiger partial charge is 0.336 e. The minimum absolute atomic E-state index is 0.358. The minimum Gasteiger partial charge on any atom is -0.336 e. The number of urea groups is 1. The Labute approximate surface area is 111 Å². The number of halogens is 2. The van der Waals surface area contributed by atoms with E-state index in [1.807, 2.05) is 13.8 Å². The molecule has 0 aliphatic rings. The van der Waals surface area contributed by atoms with Crippen LogP contribution >= 0.6 is 23.2 Å². The molecule has 0 aromatic heterocycles. The first kappa shape index (κ1) is 14.1. The summed E-state index contributed by atoms with van der Waals surface area (Å²) in [6.45, 7) is 4.56. The summed E-state index contributed by atoms with van der Waals surface area (Å²) in [6, 6.07) is 4.38. The summed E-state index contributed by atoms with van der Waals surface area (Å²) < 4.78 is 0. The van der Waals surface area contributed by atoms with Crippen LogP contribution in [0, 0.1) is 5.92 Å². The summed E-state index contributed by atoms with van der Waals surface area (Å²) in [5.74, 6) is 6.03. The van der Waals surface area contributed by atoms with Crippen LogP contribution in [0.1, 0.15) is 13.8 Å². The molecule has 6 heteroatoms. The van der Waals surface area contributed by atoms with E-state index in [0.29, 0.717) is 28.2 Å². The predicted molar refractivity (Wildman–Crippen MR) is 71.4 cm³/mol. The molecule has 0 atom stereocenters. The quantitative estimate of drug-likeness (QED) is 0.506. The second-order valence-electron chi connectivity index (χ2n) is 4.05. The van der Waals surface area contributed by atoms with Crippen LogP contribution in [0.5, 0.6) is 0 Å². The van der Waals surface area contributed by atoms with Crippen molar-refractivity contribution in [1.29, 1.82) is 0 Å². The number of nitrogens with zero attached hydrogens (tertiary/aromatic N) is 1. The van der Waals surface area contributed by atoms with Gasteiger partial charge in [0.2, 0.25) is 0 Å². The summed E-state index contributed by atoms with van der Waals surface area (Å²) in [5, 5.41) is 4.49. The minimum atomic E-state index is -0.378. The molecule has 0 unspecified atom stereocenters. The molecule has 0 saturated heterocycles. The third kappa shape index (κ3) is 4.07. The Morgan fingerprint density at radius 2 is 2.06 bits per heavy atom. The Kier molecular flexibility index (Phi) is 5.05. The van der Waals surface area contributed by atoms with Gasteiger partial charge in [0, 0.05) is 6.54 Å². The molecule has 0 aliphatic heterocycles. The Bertz CT molecular complexity index is 410. The SMILES string of the molecule is CC(C)CNC(=O)N(N)c1ccc(Cl)c(Cl)c1. The van der Waals surface area contributed by atoms with Gasteiger partial charge in [0.1, 0.15) is 0 Å². The zero-order chi connectivity index (χ0) is 13.0. The van der Waals surface area contributed by atoms with Gasteiger partial charge in [0.15, 0.2) is 0 Å². The van der Waals surface area contributed by atoms with Crippen molar-refractivity contribution in [3.63, 3.8) is 0 Å². The topological polar surface area (TPSA) is 58.4 Å². The van der Waals surface area contributed by atoms with Gasteiger partial charge in [-0.05, 0) is 24.1 Å². The highest BCUT2D eigenvalue weighted by Crippen LogP contribution is 2.26. The number of hydrogen-bond acceptors (Lipinski definition) is 2. The first-order valence-electron chi connectivity index (χ1n) is 5.19. The molecule has 0 saturated carbocycles. The molecule has 0 fully saturated rings. The van der Waals surface area contributed by atoms with Gasteiger partial charge in [-0.25, -0.2) is 15.6 Å². The smallest absolute Gasteiger partial charge is 0.336 e. The molecule has 4 nitrogen and oxygen atoms in total. The van der Waals surface area contributed by atoms with Gasteiger partial charge >= 0.3 is 6.03 Å². The number of hydrazine groups is 1. The normalized spacial score (nSPS) is 10.5. The van der Waals surface area contributed by atoms with Crippen molar-refractivity contribution >= 4 is 34.9 Å². The number of benzene rings is 1. The lowest BCUT2D eigenvalue weighted by Crippen LogP contribution is -2.45. The van der Waals surface area contributed by atoms with Crippen molar-refractivity contribution < 1.29 is 4.79 Å². The van der Waals surface area contributed by atoms with E-state index >= 15 is 0 Å². The third-order valence-corrected chi connectivity index (χ3v) is 2.80. The molecule has 0 bridgehead atoms. The van der Waals surface area contributed by atoms with Crippen molar-refractivity contribution in [2.45, 2.75) is 13.8 Å². The second kappa shape index (κ2) is 6.10. The molecule has 17 heavy (non-hydrogen) atoms. The predicted octanol–water partition coefficient (Wildman–Crippen LogP) is 3.04. The second-order valence-corrected chi connectivity index (χ2v) is 4.86. The summed E-state index contributed by atoms with van der Waals surface area (Å²) in [7, 11) is 0. The Hall–Kier alpha value is -0.970. The van der Waals surface area contributed by atoms with E-state index in [1.165, 1.54) is 0 Å². The fourth-order valence-corrected chi connectivity index (χ4v) is 1.42. The summed E-state index contributed by atoms with van der Waals surface area (Å²) in [4.78, 5) is 11.7. The van der Waals surface area contributed by atoms with Crippen LogP contribution in [0.4, 0.5) is 10.5 Å². The van der Waals surface area contributed by atoms with E-state index in [-0.39, 0.29) is 6.03 Å². The van der Waals surface area contributed by atoms with Crippen molar-refractivity contribution in [3.05, 3.63) is 28.2 Å². The standard InChI is InChI=1S/C11H15Cl2N3O/c1-7(2)6-15-11(17)16(14)8-3-4-9(12)10(13)5-8/h3-5,7H,6,14H2,1-2H3,(H,15,17). The number of anilines is 1. The van der Waals surface area contributed by atoms with Crippen molar-refractivity contribution in [3.8, 4) is 0 Å². The summed E-state index contributed by atoms with van der Waals surface area (Å²) >= 11 is 11.6. The van der Waals surface area contributed by atoms with E-state index in [0.717, 1.165) is 5.01 Å². The Morgan fingerprint density at radius 1 is 1.41 bits per heavy atom. The summed E-state index contributed by atoms with van der Waals surface area (Å²) in [6.07, 6.45) is 0. The van der Waals surface area contributed by atoms with E-state index in [2.05, 4.69) is 5.32 Å². The zero-order valence-corrected chi connectivity index (χ0v) is 11.2. The maximum Gasteiger partial charge on any atom is 0.336 e. The fourth-order valence-electron chi connectivity index (χ4n) is 1.13. The van der Waals surface area contributed by atoms with Gasteiger partial charge in [0.05, 0.1) is 15.7 Å². The molecular weight excluding hydrogens is 261 g/mol.